The average Bonchev–Trinajstić information content (AvgIpc) is 2.78. The van der Waals surface area contributed by atoms with Crippen molar-refractivity contribution < 1.29 is 19.4 Å². The van der Waals surface area contributed by atoms with E-state index in [1.165, 1.54) is 28.5 Å². The topological polar surface area (TPSA) is 78.9 Å². The van der Waals surface area contributed by atoms with E-state index in [-0.39, 0.29) is 30.2 Å². The second kappa shape index (κ2) is 8.65. The van der Waals surface area contributed by atoms with Gasteiger partial charge in [-0.1, -0.05) is 42.5 Å². The molecule has 1 unspecified atom stereocenters. The summed E-state index contributed by atoms with van der Waals surface area (Å²) in [7, 11) is 0. The quantitative estimate of drug-likeness (QED) is 0.656. The molecule has 154 valence electrons. The maximum atomic E-state index is 12.3. The standard InChI is InChI=1S/C24H24N2O4/c1-16(21-8-4-6-17-5-2-3-7-22(17)21)25-13-20-14-26(23(27)15-30-20)19-11-9-18(10-12-19)24(28)29/h2-12,16,20,25H,13-15H2,1H3,(H,28,29)/t16-,20?/m1/s1. The van der Waals surface area contributed by atoms with E-state index in [0.29, 0.717) is 18.8 Å². The van der Waals surface area contributed by atoms with Crippen LogP contribution in [0, 0.1) is 0 Å². The Morgan fingerprint density at radius 2 is 1.87 bits per heavy atom. The van der Waals surface area contributed by atoms with Gasteiger partial charge in [0.2, 0.25) is 0 Å². The average molecular weight is 404 g/mol. The Balaban J connectivity index is 1.42. The number of amides is 1. The molecule has 0 saturated carbocycles. The number of hydrogen-bond donors (Lipinski definition) is 2. The van der Waals surface area contributed by atoms with Crippen LogP contribution in [0.3, 0.4) is 0 Å². The minimum Gasteiger partial charge on any atom is -0.478 e. The normalized spacial score (nSPS) is 17.8. The van der Waals surface area contributed by atoms with Crippen molar-refractivity contribution in [3.63, 3.8) is 0 Å². The number of ether oxygens (including phenoxy) is 1. The molecule has 3 aromatic carbocycles. The minimum absolute atomic E-state index is 0.00960. The van der Waals surface area contributed by atoms with E-state index < -0.39 is 5.97 Å². The summed E-state index contributed by atoms with van der Waals surface area (Å²) in [6, 6.07) is 21.1. The highest BCUT2D eigenvalue weighted by Gasteiger charge is 2.28. The molecular formula is C24H24N2O4. The lowest BCUT2D eigenvalue weighted by Crippen LogP contribution is -2.50. The first-order chi connectivity index (χ1) is 14.5. The molecule has 6 nitrogen and oxygen atoms in total. The molecule has 0 aliphatic carbocycles. The highest BCUT2D eigenvalue weighted by atomic mass is 16.5. The summed E-state index contributed by atoms with van der Waals surface area (Å²) >= 11 is 0. The second-order valence-corrected chi connectivity index (χ2v) is 7.49. The molecule has 0 bridgehead atoms. The molecule has 2 N–H and O–H groups in total. The highest BCUT2D eigenvalue weighted by Crippen LogP contribution is 2.24. The van der Waals surface area contributed by atoms with Crippen LogP contribution < -0.4 is 10.2 Å². The Bertz CT molecular complexity index is 1060. The zero-order chi connectivity index (χ0) is 21.1. The lowest BCUT2D eigenvalue weighted by molar-refractivity contribution is -0.129. The Kier molecular flexibility index (Phi) is 5.79. The highest BCUT2D eigenvalue weighted by molar-refractivity contribution is 5.96. The van der Waals surface area contributed by atoms with Crippen LogP contribution in [0.5, 0.6) is 0 Å². The molecule has 6 heteroatoms. The fourth-order valence-electron chi connectivity index (χ4n) is 3.83. The van der Waals surface area contributed by atoms with Gasteiger partial charge in [0.1, 0.15) is 6.61 Å². The van der Waals surface area contributed by atoms with Crippen molar-refractivity contribution in [2.75, 3.05) is 24.6 Å². The minimum atomic E-state index is -0.987. The van der Waals surface area contributed by atoms with Crippen molar-refractivity contribution in [1.29, 1.82) is 0 Å². The molecule has 1 aliphatic heterocycles. The number of nitrogens with one attached hydrogen (secondary N) is 1. The summed E-state index contributed by atoms with van der Waals surface area (Å²) in [5.74, 6) is -1.12. The van der Waals surface area contributed by atoms with Crippen molar-refractivity contribution in [3.8, 4) is 0 Å². The fourth-order valence-corrected chi connectivity index (χ4v) is 3.83. The maximum absolute atomic E-state index is 12.3. The first kappa shape index (κ1) is 20.1. The smallest absolute Gasteiger partial charge is 0.335 e. The third-order valence-electron chi connectivity index (χ3n) is 5.50. The number of hydrogen-bond acceptors (Lipinski definition) is 4. The number of aromatic carboxylic acids is 1. The molecule has 30 heavy (non-hydrogen) atoms. The summed E-state index contributed by atoms with van der Waals surface area (Å²) in [5, 5.41) is 15.0. The zero-order valence-electron chi connectivity index (χ0n) is 16.7. The predicted molar refractivity (Wildman–Crippen MR) is 116 cm³/mol. The van der Waals surface area contributed by atoms with Crippen LogP contribution in [0.15, 0.2) is 66.7 Å². The van der Waals surface area contributed by atoms with Gasteiger partial charge in [-0.2, -0.15) is 0 Å². The summed E-state index contributed by atoms with van der Waals surface area (Å²) in [4.78, 5) is 25.0. The van der Waals surface area contributed by atoms with E-state index in [2.05, 4.69) is 42.6 Å². The molecule has 1 amide bonds. The van der Waals surface area contributed by atoms with Crippen LogP contribution in [0.1, 0.15) is 28.9 Å². The van der Waals surface area contributed by atoms with Gasteiger partial charge in [0.25, 0.3) is 5.91 Å². The molecule has 0 spiro atoms. The molecule has 1 fully saturated rings. The summed E-state index contributed by atoms with van der Waals surface area (Å²) in [6.45, 7) is 3.15. The van der Waals surface area contributed by atoms with Gasteiger partial charge in [0.15, 0.2) is 0 Å². The fraction of sp³-hybridized carbons (Fsp3) is 0.250. The Morgan fingerprint density at radius 1 is 1.13 bits per heavy atom. The van der Waals surface area contributed by atoms with Crippen molar-refractivity contribution in [1.82, 2.24) is 5.32 Å². The number of morpholine rings is 1. The zero-order valence-corrected chi connectivity index (χ0v) is 16.7. The molecule has 0 aromatic heterocycles. The van der Waals surface area contributed by atoms with Crippen LogP contribution in [0.2, 0.25) is 0 Å². The van der Waals surface area contributed by atoms with Gasteiger partial charge in [-0.25, -0.2) is 4.79 Å². The lowest BCUT2D eigenvalue weighted by Gasteiger charge is -2.33. The Morgan fingerprint density at radius 3 is 2.63 bits per heavy atom. The van der Waals surface area contributed by atoms with Gasteiger partial charge in [-0.05, 0) is 47.5 Å². The number of carbonyl (C=O) groups excluding carboxylic acids is 1. The number of carbonyl (C=O) groups is 2. The van der Waals surface area contributed by atoms with Gasteiger partial charge in [0.05, 0.1) is 18.2 Å². The lowest BCUT2D eigenvalue weighted by atomic mass is 9.99. The predicted octanol–water partition coefficient (Wildman–Crippen LogP) is 3.62. The van der Waals surface area contributed by atoms with E-state index >= 15 is 0 Å². The summed E-state index contributed by atoms with van der Waals surface area (Å²) in [5.41, 5.74) is 2.10. The van der Waals surface area contributed by atoms with Crippen LogP contribution in [0.25, 0.3) is 10.8 Å². The number of anilines is 1. The molecule has 2 atom stereocenters. The molecule has 0 radical (unpaired) electrons. The van der Waals surface area contributed by atoms with Gasteiger partial charge in [0, 0.05) is 18.3 Å². The number of nitrogens with zero attached hydrogens (tertiary/aromatic N) is 1. The number of carboxylic acids is 1. The van der Waals surface area contributed by atoms with Crippen LogP contribution in [-0.2, 0) is 9.53 Å². The third-order valence-corrected chi connectivity index (χ3v) is 5.50. The van der Waals surface area contributed by atoms with E-state index in [1.807, 2.05) is 12.1 Å². The number of fused-ring (bicyclic) bond motifs is 1. The van der Waals surface area contributed by atoms with Crippen molar-refractivity contribution in [2.24, 2.45) is 0 Å². The third kappa shape index (κ3) is 4.20. The SMILES string of the molecule is C[C@@H](NCC1CN(c2ccc(C(=O)O)cc2)C(=O)CO1)c1cccc2ccccc12. The van der Waals surface area contributed by atoms with Gasteiger partial charge < -0.3 is 20.1 Å². The van der Waals surface area contributed by atoms with Gasteiger partial charge in [-0.15, -0.1) is 0 Å². The molecule has 1 aliphatic rings. The summed E-state index contributed by atoms with van der Waals surface area (Å²) < 4.78 is 5.73. The van der Waals surface area contributed by atoms with Crippen LogP contribution >= 0.6 is 0 Å². The maximum Gasteiger partial charge on any atom is 0.335 e. The molecule has 4 rings (SSSR count). The molecule has 1 heterocycles. The Labute approximate surface area is 175 Å². The van der Waals surface area contributed by atoms with Crippen molar-refractivity contribution >= 4 is 28.3 Å². The second-order valence-electron chi connectivity index (χ2n) is 7.49. The first-order valence-electron chi connectivity index (χ1n) is 9.99. The number of benzene rings is 3. The van der Waals surface area contributed by atoms with Crippen LogP contribution in [0.4, 0.5) is 5.69 Å². The largest absolute Gasteiger partial charge is 0.478 e. The summed E-state index contributed by atoms with van der Waals surface area (Å²) in [6.07, 6.45) is -0.153. The number of carboxylic acid groups (broad SMARTS) is 1. The molecule has 1 saturated heterocycles. The monoisotopic (exact) mass is 404 g/mol. The molecule has 3 aromatic rings. The van der Waals surface area contributed by atoms with E-state index in [9.17, 15) is 9.59 Å². The van der Waals surface area contributed by atoms with E-state index in [0.717, 1.165) is 0 Å². The number of rotatable bonds is 6. The van der Waals surface area contributed by atoms with E-state index in [1.54, 1.807) is 17.0 Å². The Hall–Kier alpha value is -3.22. The van der Waals surface area contributed by atoms with Crippen molar-refractivity contribution in [3.05, 3.63) is 77.9 Å². The van der Waals surface area contributed by atoms with Gasteiger partial charge >= 0.3 is 5.97 Å². The first-order valence-corrected chi connectivity index (χ1v) is 9.99. The van der Waals surface area contributed by atoms with Crippen LogP contribution in [-0.4, -0.2) is 42.8 Å². The van der Waals surface area contributed by atoms with E-state index in [4.69, 9.17) is 9.84 Å². The van der Waals surface area contributed by atoms with Crippen molar-refractivity contribution in [2.45, 2.75) is 19.1 Å². The molecular weight excluding hydrogens is 380 g/mol. The van der Waals surface area contributed by atoms with Gasteiger partial charge in [-0.3, -0.25) is 4.79 Å².